The van der Waals surface area contributed by atoms with E-state index in [4.69, 9.17) is 21.1 Å². The van der Waals surface area contributed by atoms with Crippen LogP contribution in [0.2, 0.25) is 5.02 Å². The average Bonchev–Trinajstić information content (AvgIpc) is 2.54. The molecule has 0 unspecified atom stereocenters. The Morgan fingerprint density at radius 3 is 2.36 bits per heavy atom. The first kappa shape index (κ1) is 19.5. The first-order valence-corrected chi connectivity index (χ1v) is 8.74. The molecule has 0 radical (unpaired) electrons. The Bertz CT molecular complexity index is 713. The van der Waals surface area contributed by atoms with Gasteiger partial charge in [-0.1, -0.05) is 29.8 Å². The molecule has 0 bridgehead atoms. The number of hydrogen-bond acceptors (Lipinski definition) is 3. The molecule has 2 rings (SSSR count). The molecular formula is C20H25ClFNO2. The van der Waals surface area contributed by atoms with Crippen LogP contribution >= 0.6 is 11.6 Å². The van der Waals surface area contributed by atoms with E-state index in [1.165, 1.54) is 6.07 Å². The molecule has 25 heavy (non-hydrogen) atoms. The zero-order valence-corrected chi connectivity index (χ0v) is 15.9. The fraction of sp³-hybridized carbons (Fsp3) is 0.400. The van der Waals surface area contributed by atoms with Crippen LogP contribution in [0.15, 0.2) is 36.4 Å². The van der Waals surface area contributed by atoms with Gasteiger partial charge in [0.25, 0.3) is 0 Å². The minimum atomic E-state index is -0.294. The van der Waals surface area contributed by atoms with Gasteiger partial charge in [-0.2, -0.15) is 0 Å². The quantitative estimate of drug-likeness (QED) is 0.717. The molecule has 0 aromatic heterocycles. The van der Waals surface area contributed by atoms with Crippen LogP contribution in [0.5, 0.6) is 11.5 Å². The van der Waals surface area contributed by atoms with E-state index in [0.717, 1.165) is 5.56 Å². The van der Waals surface area contributed by atoms with Gasteiger partial charge in [0.2, 0.25) is 0 Å². The lowest BCUT2D eigenvalue weighted by atomic mass is 10.1. The van der Waals surface area contributed by atoms with Gasteiger partial charge in [0, 0.05) is 28.7 Å². The molecule has 5 heteroatoms. The summed E-state index contributed by atoms with van der Waals surface area (Å²) >= 11 is 6.39. The van der Waals surface area contributed by atoms with E-state index in [2.05, 4.69) is 26.1 Å². The van der Waals surface area contributed by atoms with Crippen molar-refractivity contribution >= 4 is 11.6 Å². The maximum absolute atomic E-state index is 13.8. The maximum Gasteiger partial charge on any atom is 0.163 e. The molecule has 1 N–H and O–H groups in total. The number of hydrogen-bond donors (Lipinski definition) is 1. The van der Waals surface area contributed by atoms with Gasteiger partial charge in [-0.05, 0) is 45.4 Å². The van der Waals surface area contributed by atoms with Crippen LogP contribution in [0.4, 0.5) is 4.39 Å². The fourth-order valence-corrected chi connectivity index (χ4v) is 2.45. The van der Waals surface area contributed by atoms with Gasteiger partial charge in [0.1, 0.15) is 12.4 Å². The Balaban J connectivity index is 2.19. The summed E-state index contributed by atoms with van der Waals surface area (Å²) in [5.41, 5.74) is 1.40. The average molecular weight is 366 g/mol. The molecule has 136 valence electrons. The SMILES string of the molecule is CCOc1cc(CNC(C)(C)C)c(Cl)cc1OCc1ccccc1F. The van der Waals surface area contributed by atoms with E-state index >= 15 is 0 Å². The van der Waals surface area contributed by atoms with Crippen molar-refractivity contribution < 1.29 is 13.9 Å². The zero-order chi connectivity index (χ0) is 18.4. The molecular weight excluding hydrogens is 341 g/mol. The summed E-state index contributed by atoms with van der Waals surface area (Å²) in [5.74, 6) is 0.820. The maximum atomic E-state index is 13.8. The second-order valence-corrected chi connectivity index (χ2v) is 7.21. The van der Waals surface area contributed by atoms with Gasteiger partial charge in [-0.15, -0.1) is 0 Å². The molecule has 2 aromatic rings. The van der Waals surface area contributed by atoms with Crippen LogP contribution in [-0.4, -0.2) is 12.1 Å². The normalized spacial score (nSPS) is 11.4. The summed E-state index contributed by atoms with van der Waals surface area (Å²) in [6.07, 6.45) is 0. The first-order chi connectivity index (χ1) is 11.8. The molecule has 0 saturated heterocycles. The largest absolute Gasteiger partial charge is 0.490 e. The van der Waals surface area contributed by atoms with Crippen LogP contribution in [0.25, 0.3) is 0 Å². The third-order valence-electron chi connectivity index (χ3n) is 3.56. The summed E-state index contributed by atoms with van der Waals surface area (Å²) in [7, 11) is 0. The predicted molar refractivity (Wildman–Crippen MR) is 99.9 cm³/mol. The van der Waals surface area contributed by atoms with Crippen LogP contribution in [-0.2, 0) is 13.2 Å². The second-order valence-electron chi connectivity index (χ2n) is 6.81. The highest BCUT2D eigenvalue weighted by molar-refractivity contribution is 6.31. The lowest BCUT2D eigenvalue weighted by Gasteiger charge is -2.22. The predicted octanol–water partition coefficient (Wildman–Crippen LogP) is 5.34. The third-order valence-corrected chi connectivity index (χ3v) is 3.91. The van der Waals surface area contributed by atoms with Crippen molar-refractivity contribution in [1.29, 1.82) is 0 Å². The van der Waals surface area contributed by atoms with Crippen LogP contribution in [0.3, 0.4) is 0 Å². The zero-order valence-electron chi connectivity index (χ0n) is 15.2. The number of ether oxygens (including phenoxy) is 2. The standard InChI is InChI=1S/C20H25ClFNO2/c1-5-24-18-10-15(12-23-20(2,3)4)16(21)11-19(18)25-13-14-8-6-7-9-17(14)22/h6-11,23H,5,12-13H2,1-4H3. The molecule has 0 amide bonds. The van der Waals surface area contributed by atoms with E-state index < -0.39 is 0 Å². The van der Waals surface area contributed by atoms with Gasteiger partial charge >= 0.3 is 0 Å². The second kappa shape index (κ2) is 8.54. The fourth-order valence-electron chi connectivity index (χ4n) is 2.23. The molecule has 2 aromatic carbocycles. The summed E-state index contributed by atoms with van der Waals surface area (Å²) in [5, 5.41) is 3.99. The van der Waals surface area contributed by atoms with Crippen molar-refractivity contribution in [2.75, 3.05) is 6.61 Å². The number of rotatable bonds is 7. The molecule has 0 atom stereocenters. The Morgan fingerprint density at radius 1 is 1.04 bits per heavy atom. The van der Waals surface area contributed by atoms with Crippen LogP contribution in [0, 0.1) is 5.82 Å². The minimum Gasteiger partial charge on any atom is -0.490 e. The third kappa shape index (κ3) is 5.91. The van der Waals surface area contributed by atoms with E-state index in [0.29, 0.717) is 35.2 Å². The lowest BCUT2D eigenvalue weighted by molar-refractivity contribution is 0.265. The van der Waals surface area contributed by atoms with E-state index in [1.54, 1.807) is 24.3 Å². The number of benzene rings is 2. The van der Waals surface area contributed by atoms with Gasteiger partial charge in [-0.3, -0.25) is 0 Å². The highest BCUT2D eigenvalue weighted by Gasteiger charge is 2.15. The van der Waals surface area contributed by atoms with Crippen molar-refractivity contribution in [3.8, 4) is 11.5 Å². The molecule has 3 nitrogen and oxygen atoms in total. The van der Waals surface area contributed by atoms with Crippen molar-refractivity contribution in [3.05, 3.63) is 58.4 Å². The Morgan fingerprint density at radius 2 is 1.72 bits per heavy atom. The Hall–Kier alpha value is -1.78. The van der Waals surface area contributed by atoms with Gasteiger partial charge in [0.05, 0.1) is 6.61 Å². The molecule has 0 aliphatic rings. The number of nitrogens with one attached hydrogen (secondary N) is 1. The molecule has 0 heterocycles. The van der Waals surface area contributed by atoms with Gasteiger partial charge in [0.15, 0.2) is 11.5 Å². The Labute approximate surface area is 154 Å². The topological polar surface area (TPSA) is 30.5 Å². The number of halogens is 2. The lowest BCUT2D eigenvalue weighted by Crippen LogP contribution is -2.35. The molecule has 0 fully saturated rings. The smallest absolute Gasteiger partial charge is 0.163 e. The van der Waals surface area contributed by atoms with E-state index in [-0.39, 0.29) is 18.0 Å². The summed E-state index contributed by atoms with van der Waals surface area (Å²) < 4.78 is 25.2. The molecule has 0 saturated carbocycles. The summed E-state index contributed by atoms with van der Waals surface area (Å²) in [6, 6.07) is 10.1. The van der Waals surface area contributed by atoms with E-state index in [9.17, 15) is 4.39 Å². The molecule has 0 aliphatic heterocycles. The summed E-state index contributed by atoms with van der Waals surface area (Å²) in [4.78, 5) is 0. The van der Waals surface area contributed by atoms with Gasteiger partial charge in [-0.25, -0.2) is 4.39 Å². The summed E-state index contributed by atoms with van der Waals surface area (Å²) in [6.45, 7) is 9.42. The molecule has 0 spiro atoms. The Kier molecular flexibility index (Phi) is 6.68. The van der Waals surface area contributed by atoms with Crippen molar-refractivity contribution in [2.45, 2.75) is 46.4 Å². The van der Waals surface area contributed by atoms with E-state index in [1.807, 2.05) is 13.0 Å². The minimum absolute atomic E-state index is 0.0187. The van der Waals surface area contributed by atoms with Crippen LogP contribution < -0.4 is 14.8 Å². The van der Waals surface area contributed by atoms with Crippen molar-refractivity contribution in [1.82, 2.24) is 5.32 Å². The highest BCUT2D eigenvalue weighted by Crippen LogP contribution is 2.34. The van der Waals surface area contributed by atoms with Crippen molar-refractivity contribution in [2.24, 2.45) is 0 Å². The molecule has 0 aliphatic carbocycles. The van der Waals surface area contributed by atoms with Gasteiger partial charge < -0.3 is 14.8 Å². The monoisotopic (exact) mass is 365 g/mol. The highest BCUT2D eigenvalue weighted by atomic mass is 35.5. The first-order valence-electron chi connectivity index (χ1n) is 8.36. The van der Waals surface area contributed by atoms with Crippen molar-refractivity contribution in [3.63, 3.8) is 0 Å². The van der Waals surface area contributed by atoms with Crippen LogP contribution in [0.1, 0.15) is 38.8 Å².